The molecule has 3 rings (SSSR count). The highest BCUT2D eigenvalue weighted by Gasteiger charge is 2.45. The van der Waals surface area contributed by atoms with Crippen LogP contribution in [0.4, 0.5) is 0 Å². The number of aliphatic hydroxyl groups excluding tert-OH is 4. The van der Waals surface area contributed by atoms with Gasteiger partial charge in [0.25, 0.3) is 0 Å². The third-order valence-electron chi connectivity index (χ3n) is 5.73. The zero-order chi connectivity index (χ0) is 27.4. The second-order valence-electron chi connectivity index (χ2n) is 7.91. The molecule has 1 aliphatic rings. The quantitative estimate of drug-likeness (QED) is 0.201. The van der Waals surface area contributed by atoms with Gasteiger partial charge in [-0.3, -0.25) is 9.59 Å². The predicted molar refractivity (Wildman–Crippen MR) is 124 cm³/mol. The Hall–Kier alpha value is -3.62. The molecular weight excluding hydrogens is 496 g/mol. The monoisotopic (exact) mass is 524 g/mol. The van der Waals surface area contributed by atoms with Crippen LogP contribution in [0.25, 0.3) is 0 Å². The Morgan fingerprint density at radius 2 is 1.27 bits per heavy atom. The van der Waals surface area contributed by atoms with Crippen LogP contribution >= 0.6 is 0 Å². The molecule has 13 nitrogen and oxygen atoms in total. The number of hydrogen-bond acceptors (Lipinski definition) is 13. The molecule has 0 amide bonds. The maximum atomic E-state index is 13.1. The lowest BCUT2D eigenvalue weighted by Crippen LogP contribution is -2.60. The molecule has 5 atom stereocenters. The van der Waals surface area contributed by atoms with E-state index in [9.17, 15) is 35.1 Å². The number of phenolic OH excluding ortho intramolecular Hbond substituents is 1. The summed E-state index contributed by atoms with van der Waals surface area (Å²) in [6.07, 6.45) is -8.04. The highest BCUT2D eigenvalue weighted by Crippen LogP contribution is 2.41. The maximum absolute atomic E-state index is 13.1. The first-order chi connectivity index (χ1) is 17.6. The van der Waals surface area contributed by atoms with E-state index >= 15 is 0 Å². The van der Waals surface area contributed by atoms with Gasteiger partial charge in [0, 0.05) is 11.1 Å². The molecule has 0 aliphatic carbocycles. The Morgan fingerprint density at radius 3 is 1.76 bits per heavy atom. The molecule has 37 heavy (non-hydrogen) atoms. The van der Waals surface area contributed by atoms with Crippen LogP contribution in [0.3, 0.4) is 0 Å². The van der Waals surface area contributed by atoms with Gasteiger partial charge in [-0.25, -0.2) is 0 Å². The molecule has 2 aromatic rings. The Labute approximate surface area is 211 Å². The van der Waals surface area contributed by atoms with E-state index in [-0.39, 0.29) is 39.9 Å². The summed E-state index contributed by atoms with van der Waals surface area (Å²) in [6, 6.07) is 4.63. The van der Waals surface area contributed by atoms with Crippen LogP contribution in [0.1, 0.15) is 20.7 Å². The smallest absolute Gasteiger partial charge is 0.233 e. The standard InChI is InChI=1S/C24H28O13/c1-32-13-6-11(7-14(33-2)23(13)35-4)18(28)17(27)10-5-12(26)22(34-3)15(8-10)36-24-21(31)20(30)19(29)16(9-25)37-24/h5-8,16,19-21,24-26,29-31H,9H2,1-4H3/t16-,19-,20+,21-,24-/m1/s1. The number of rotatable bonds is 10. The zero-order valence-electron chi connectivity index (χ0n) is 20.4. The molecule has 0 radical (unpaired) electrons. The van der Waals surface area contributed by atoms with Gasteiger partial charge in [0.2, 0.25) is 29.4 Å². The molecular formula is C24H28O13. The van der Waals surface area contributed by atoms with Gasteiger partial charge in [0.1, 0.15) is 24.4 Å². The van der Waals surface area contributed by atoms with E-state index < -0.39 is 54.6 Å². The normalized spacial score (nSPS) is 23.2. The average molecular weight is 524 g/mol. The van der Waals surface area contributed by atoms with Crippen molar-refractivity contribution < 1.29 is 63.5 Å². The largest absolute Gasteiger partial charge is 0.504 e. The van der Waals surface area contributed by atoms with Crippen molar-refractivity contribution in [1.82, 2.24) is 0 Å². The number of carbonyl (C=O) groups is 2. The van der Waals surface area contributed by atoms with Gasteiger partial charge < -0.3 is 54.0 Å². The van der Waals surface area contributed by atoms with Gasteiger partial charge in [0.15, 0.2) is 23.0 Å². The van der Waals surface area contributed by atoms with Crippen molar-refractivity contribution >= 4 is 11.6 Å². The van der Waals surface area contributed by atoms with Gasteiger partial charge in [-0.15, -0.1) is 0 Å². The first kappa shape index (κ1) is 28.0. The van der Waals surface area contributed by atoms with Gasteiger partial charge in [0.05, 0.1) is 35.0 Å². The number of aromatic hydroxyl groups is 1. The molecule has 0 aromatic heterocycles. The molecule has 1 aliphatic heterocycles. The molecule has 13 heteroatoms. The number of methoxy groups -OCH3 is 4. The highest BCUT2D eigenvalue weighted by molar-refractivity contribution is 6.49. The van der Waals surface area contributed by atoms with E-state index in [2.05, 4.69) is 0 Å². The first-order valence-electron chi connectivity index (χ1n) is 10.9. The third kappa shape index (κ3) is 5.40. The van der Waals surface area contributed by atoms with Crippen molar-refractivity contribution in [3.05, 3.63) is 35.4 Å². The zero-order valence-corrected chi connectivity index (χ0v) is 20.4. The van der Waals surface area contributed by atoms with Gasteiger partial charge >= 0.3 is 0 Å². The molecule has 1 heterocycles. The summed E-state index contributed by atoms with van der Waals surface area (Å²) in [5.41, 5.74) is -0.400. The van der Waals surface area contributed by atoms with Crippen molar-refractivity contribution in [1.29, 1.82) is 0 Å². The molecule has 0 unspecified atom stereocenters. The van der Waals surface area contributed by atoms with Gasteiger partial charge in [-0.05, 0) is 24.3 Å². The number of phenols is 1. The minimum Gasteiger partial charge on any atom is -0.504 e. The fourth-order valence-corrected chi connectivity index (χ4v) is 3.78. The van der Waals surface area contributed by atoms with Crippen LogP contribution in [-0.2, 0) is 4.74 Å². The third-order valence-corrected chi connectivity index (χ3v) is 5.73. The lowest BCUT2D eigenvalue weighted by molar-refractivity contribution is -0.277. The molecule has 1 saturated heterocycles. The number of hydrogen-bond donors (Lipinski definition) is 5. The summed E-state index contributed by atoms with van der Waals surface area (Å²) >= 11 is 0. The fourth-order valence-electron chi connectivity index (χ4n) is 3.78. The number of aliphatic hydroxyl groups is 4. The summed E-state index contributed by atoms with van der Waals surface area (Å²) < 4.78 is 31.6. The van der Waals surface area contributed by atoms with Crippen LogP contribution in [-0.4, -0.2) is 103 Å². The van der Waals surface area contributed by atoms with Crippen molar-refractivity contribution in [3.63, 3.8) is 0 Å². The second-order valence-corrected chi connectivity index (χ2v) is 7.91. The number of ketones is 2. The molecule has 1 fully saturated rings. The van der Waals surface area contributed by atoms with E-state index in [1.54, 1.807) is 0 Å². The lowest BCUT2D eigenvalue weighted by Gasteiger charge is -2.39. The number of carbonyl (C=O) groups excluding carboxylic acids is 2. The fraction of sp³-hybridized carbons (Fsp3) is 0.417. The van der Waals surface area contributed by atoms with Gasteiger partial charge in [-0.2, -0.15) is 0 Å². The number of Topliss-reactive ketones (excluding diaryl/α,β-unsaturated/α-hetero) is 2. The van der Waals surface area contributed by atoms with Crippen molar-refractivity contribution in [3.8, 4) is 34.5 Å². The van der Waals surface area contributed by atoms with Gasteiger partial charge in [-0.1, -0.05) is 0 Å². The van der Waals surface area contributed by atoms with Crippen LogP contribution < -0.4 is 23.7 Å². The Balaban J connectivity index is 1.97. The van der Waals surface area contributed by atoms with Crippen LogP contribution in [0.2, 0.25) is 0 Å². The number of benzene rings is 2. The molecule has 0 bridgehead atoms. The molecule has 0 spiro atoms. The summed E-state index contributed by atoms with van der Waals surface area (Å²) in [4.78, 5) is 26.1. The summed E-state index contributed by atoms with van der Waals surface area (Å²) in [7, 11) is 5.26. The average Bonchev–Trinajstić information content (AvgIpc) is 2.91. The minimum absolute atomic E-state index is 0.0915. The van der Waals surface area contributed by atoms with Crippen LogP contribution in [0.5, 0.6) is 34.5 Å². The summed E-state index contributed by atoms with van der Waals surface area (Å²) in [5.74, 6) is -2.71. The van der Waals surface area contributed by atoms with E-state index in [1.807, 2.05) is 0 Å². The molecule has 202 valence electrons. The molecule has 2 aromatic carbocycles. The summed E-state index contributed by atoms with van der Waals surface area (Å²) in [6.45, 7) is -0.699. The maximum Gasteiger partial charge on any atom is 0.233 e. The van der Waals surface area contributed by atoms with Crippen molar-refractivity contribution in [2.45, 2.75) is 30.7 Å². The SMILES string of the molecule is COc1cc(C(=O)C(=O)c2cc(O)c(OC)c(O[C@@H]3O[C@H](CO)[C@@H](O)[C@H](O)[C@H]3O)c2)cc(OC)c1OC. The van der Waals surface area contributed by atoms with Crippen LogP contribution in [0.15, 0.2) is 24.3 Å². The van der Waals surface area contributed by atoms with E-state index in [0.717, 1.165) is 12.1 Å². The molecule has 5 N–H and O–H groups in total. The molecule has 0 saturated carbocycles. The Morgan fingerprint density at radius 1 is 0.757 bits per heavy atom. The van der Waals surface area contributed by atoms with E-state index in [0.29, 0.717) is 0 Å². The highest BCUT2D eigenvalue weighted by atomic mass is 16.7. The Bertz CT molecular complexity index is 1120. The van der Waals surface area contributed by atoms with E-state index in [4.69, 9.17) is 28.4 Å². The van der Waals surface area contributed by atoms with Crippen molar-refractivity contribution in [2.75, 3.05) is 35.0 Å². The van der Waals surface area contributed by atoms with Crippen molar-refractivity contribution in [2.24, 2.45) is 0 Å². The van der Waals surface area contributed by atoms with E-state index in [1.165, 1.54) is 40.6 Å². The topological polar surface area (TPSA) is 191 Å². The lowest BCUT2D eigenvalue weighted by atomic mass is 9.99. The van der Waals surface area contributed by atoms with Crippen LogP contribution in [0, 0.1) is 0 Å². The first-order valence-corrected chi connectivity index (χ1v) is 10.9. The minimum atomic E-state index is -1.77. The second kappa shape index (κ2) is 11.6. The summed E-state index contributed by atoms with van der Waals surface area (Å²) in [5, 5.41) is 50.1. The number of ether oxygens (including phenoxy) is 6. The predicted octanol–water partition coefficient (Wildman–Crippen LogP) is -0.329. The Kier molecular flexibility index (Phi) is 8.78.